The zero-order valence-corrected chi connectivity index (χ0v) is 32.2. The highest BCUT2D eigenvalue weighted by Gasteiger charge is 2.23. The van der Waals surface area contributed by atoms with Gasteiger partial charge in [0.15, 0.2) is 0 Å². The molecule has 0 aliphatic carbocycles. The molecule has 0 aromatic carbocycles. The number of rotatable bonds is 28. The Morgan fingerprint density at radius 3 is 1.25 bits per heavy atom. The van der Waals surface area contributed by atoms with Gasteiger partial charge < -0.3 is 27.8 Å². The highest BCUT2D eigenvalue weighted by molar-refractivity contribution is 5.73. The molecule has 0 N–H and O–H groups in total. The van der Waals surface area contributed by atoms with Gasteiger partial charge in [0.1, 0.15) is 49.5 Å². The monoisotopic (exact) mass is 716 g/mol. The number of hydrogen-bond acceptors (Lipinski definition) is 10. The molecule has 0 amide bonds. The van der Waals surface area contributed by atoms with E-state index in [9.17, 15) is 19.2 Å². The van der Waals surface area contributed by atoms with E-state index >= 15 is 0 Å². The molecule has 2 rings (SSSR count). The molecule has 0 bridgehead atoms. The lowest BCUT2D eigenvalue weighted by Gasteiger charge is -2.07. The zero-order valence-electron chi connectivity index (χ0n) is 32.2. The number of unbranched alkanes of at least 4 members (excludes halogenated alkanes) is 5. The van der Waals surface area contributed by atoms with Crippen LogP contribution in [0.4, 0.5) is 0 Å². The molecule has 10 heteroatoms. The predicted octanol–water partition coefficient (Wildman–Crippen LogP) is 10.7. The Morgan fingerprint density at radius 1 is 0.510 bits per heavy atom. The lowest BCUT2D eigenvalue weighted by atomic mass is 10.0. The van der Waals surface area contributed by atoms with E-state index in [0.717, 1.165) is 83.5 Å². The second kappa shape index (κ2) is 25.4. The molecule has 0 radical (unpaired) electrons. The highest BCUT2D eigenvalue weighted by Crippen LogP contribution is 2.35. The Balaban J connectivity index is 2.30. The van der Waals surface area contributed by atoms with Crippen LogP contribution in [0.25, 0.3) is 11.1 Å². The predicted molar refractivity (Wildman–Crippen MR) is 195 cm³/mol. The molecule has 0 saturated carbocycles. The molecule has 2 unspecified atom stereocenters. The Kier molecular flexibility index (Phi) is 21.7. The maximum absolute atomic E-state index is 12.6. The van der Waals surface area contributed by atoms with Gasteiger partial charge in [-0.15, -0.1) is 0 Å². The summed E-state index contributed by atoms with van der Waals surface area (Å²) in [5.41, 5.74) is 1.09. The molecule has 2 atom stereocenters. The van der Waals surface area contributed by atoms with E-state index in [4.69, 9.17) is 27.8 Å². The van der Waals surface area contributed by atoms with E-state index < -0.39 is 0 Å². The zero-order chi connectivity index (χ0) is 37.4. The molecule has 51 heavy (non-hydrogen) atoms. The molecule has 0 saturated heterocycles. The summed E-state index contributed by atoms with van der Waals surface area (Å²) in [6, 6.07) is 3.44. The summed E-state index contributed by atoms with van der Waals surface area (Å²) in [6.45, 7) is 12.3. The van der Waals surface area contributed by atoms with Crippen LogP contribution in [0.15, 0.2) is 21.0 Å². The highest BCUT2D eigenvalue weighted by atomic mass is 16.6. The quantitative estimate of drug-likeness (QED) is 0.0476. The molecule has 2 heterocycles. The summed E-state index contributed by atoms with van der Waals surface area (Å²) >= 11 is 0. The fourth-order valence-electron chi connectivity index (χ4n) is 5.48. The van der Waals surface area contributed by atoms with Crippen molar-refractivity contribution in [2.45, 2.75) is 177 Å². The van der Waals surface area contributed by atoms with Gasteiger partial charge in [-0.05, 0) is 49.7 Å². The third-order valence-electron chi connectivity index (χ3n) is 9.26. The number of carbonyl (C=O) groups excluding carboxylic acids is 4. The lowest BCUT2D eigenvalue weighted by Crippen LogP contribution is -2.05. The van der Waals surface area contributed by atoms with E-state index in [1.165, 1.54) is 0 Å². The Hall–Kier alpha value is -3.56. The summed E-state index contributed by atoms with van der Waals surface area (Å²) in [5.74, 6) is 1.19. The van der Waals surface area contributed by atoms with Gasteiger partial charge in [0, 0.05) is 36.8 Å². The van der Waals surface area contributed by atoms with Crippen molar-refractivity contribution in [3.8, 4) is 11.1 Å². The van der Waals surface area contributed by atoms with Crippen LogP contribution in [0.3, 0.4) is 0 Å². The van der Waals surface area contributed by atoms with Crippen molar-refractivity contribution in [2.75, 3.05) is 0 Å². The molecule has 2 aromatic heterocycles. The van der Waals surface area contributed by atoms with Crippen LogP contribution in [0.2, 0.25) is 0 Å². The van der Waals surface area contributed by atoms with Crippen molar-refractivity contribution >= 4 is 23.9 Å². The van der Waals surface area contributed by atoms with Crippen molar-refractivity contribution in [1.29, 1.82) is 0 Å². The van der Waals surface area contributed by atoms with Crippen molar-refractivity contribution in [3.05, 3.63) is 35.2 Å². The standard InChI is InChI=1S/C41H64O10/c1-7-11-13-15-21-39(43)49-29-37-35(25-33(51-37)27-47-41(45)23-17-19-31(6)10-4)34-24-32(26-46-40(44)22-16-18-30(5)9-3)50-36(34)28-48-38(42)20-14-12-8-2/h24-25,30-31H,7-23,26-29H2,1-6H3. The van der Waals surface area contributed by atoms with Crippen LogP contribution in [0.1, 0.15) is 174 Å². The third-order valence-corrected chi connectivity index (χ3v) is 9.26. The van der Waals surface area contributed by atoms with Crippen LogP contribution < -0.4 is 0 Å². The molecule has 0 spiro atoms. The second-order valence-corrected chi connectivity index (χ2v) is 13.8. The van der Waals surface area contributed by atoms with Crippen molar-refractivity contribution in [1.82, 2.24) is 0 Å². The van der Waals surface area contributed by atoms with Crippen LogP contribution >= 0.6 is 0 Å². The topological polar surface area (TPSA) is 131 Å². The van der Waals surface area contributed by atoms with Gasteiger partial charge in [0.25, 0.3) is 0 Å². The molecule has 0 aliphatic heterocycles. The van der Waals surface area contributed by atoms with E-state index in [2.05, 4.69) is 41.5 Å². The number of esters is 4. The fraction of sp³-hybridized carbons (Fsp3) is 0.707. The van der Waals surface area contributed by atoms with Gasteiger partial charge >= 0.3 is 23.9 Å². The van der Waals surface area contributed by atoms with Crippen LogP contribution in [0.5, 0.6) is 0 Å². The molecule has 2 aromatic rings. The first-order chi connectivity index (χ1) is 24.6. The normalized spacial score (nSPS) is 12.4. The summed E-state index contributed by atoms with van der Waals surface area (Å²) < 4.78 is 34.5. The molecule has 0 aliphatic rings. The molecule has 288 valence electrons. The minimum absolute atomic E-state index is 0.0964. The molecule has 0 fully saturated rings. The maximum Gasteiger partial charge on any atom is 0.306 e. The Labute approximate surface area is 305 Å². The first kappa shape index (κ1) is 43.6. The number of hydrogen-bond donors (Lipinski definition) is 0. The van der Waals surface area contributed by atoms with E-state index in [-0.39, 0.29) is 50.3 Å². The first-order valence-corrected chi connectivity index (χ1v) is 19.5. The Bertz CT molecular complexity index is 1310. The van der Waals surface area contributed by atoms with Gasteiger partial charge in [-0.25, -0.2) is 0 Å². The molecule has 10 nitrogen and oxygen atoms in total. The van der Waals surface area contributed by atoms with Crippen molar-refractivity contribution in [2.24, 2.45) is 11.8 Å². The lowest BCUT2D eigenvalue weighted by molar-refractivity contribution is -0.147. The Morgan fingerprint density at radius 2 is 0.863 bits per heavy atom. The average molecular weight is 717 g/mol. The van der Waals surface area contributed by atoms with Crippen LogP contribution in [0, 0.1) is 11.8 Å². The van der Waals surface area contributed by atoms with Crippen LogP contribution in [-0.2, 0) is 64.6 Å². The van der Waals surface area contributed by atoms with Crippen molar-refractivity contribution < 1.29 is 47.0 Å². The van der Waals surface area contributed by atoms with Gasteiger partial charge in [-0.1, -0.05) is 99.3 Å². The summed E-state index contributed by atoms with van der Waals surface area (Å²) in [6.07, 6.45) is 13.2. The van der Waals surface area contributed by atoms with Crippen LogP contribution in [-0.4, -0.2) is 23.9 Å². The summed E-state index contributed by atoms with van der Waals surface area (Å²) in [5, 5.41) is 0. The maximum atomic E-state index is 12.6. The average Bonchev–Trinajstić information content (AvgIpc) is 3.73. The third kappa shape index (κ3) is 18.0. The van der Waals surface area contributed by atoms with E-state index in [0.29, 0.717) is 71.7 Å². The summed E-state index contributed by atoms with van der Waals surface area (Å²) in [7, 11) is 0. The number of ether oxygens (including phenoxy) is 4. The molecular weight excluding hydrogens is 652 g/mol. The van der Waals surface area contributed by atoms with Gasteiger partial charge in [0.05, 0.1) is 0 Å². The number of carbonyl (C=O) groups is 4. The van der Waals surface area contributed by atoms with Gasteiger partial charge in [-0.3, -0.25) is 19.2 Å². The number of furan rings is 2. The second-order valence-electron chi connectivity index (χ2n) is 13.8. The first-order valence-electron chi connectivity index (χ1n) is 19.5. The van der Waals surface area contributed by atoms with Gasteiger partial charge in [-0.2, -0.15) is 0 Å². The minimum Gasteiger partial charge on any atom is -0.458 e. The van der Waals surface area contributed by atoms with E-state index in [1.807, 2.05) is 0 Å². The largest absolute Gasteiger partial charge is 0.458 e. The fourth-order valence-corrected chi connectivity index (χ4v) is 5.48. The smallest absolute Gasteiger partial charge is 0.306 e. The van der Waals surface area contributed by atoms with Gasteiger partial charge in [0.2, 0.25) is 0 Å². The molecular formula is C41H64O10. The SMILES string of the molecule is CCCCCCC(=O)OCc1oc(COC(=O)CCCC(C)CC)cc1-c1cc(COC(=O)CCCC(C)CC)oc1COC(=O)CCCCC. The van der Waals surface area contributed by atoms with E-state index in [1.54, 1.807) is 12.1 Å². The minimum atomic E-state index is -0.342. The van der Waals surface area contributed by atoms with Crippen molar-refractivity contribution in [3.63, 3.8) is 0 Å². The summed E-state index contributed by atoms with van der Waals surface area (Å²) in [4.78, 5) is 50.1.